The fraction of sp³-hybridized carbons (Fsp3) is 0.476. The van der Waals surface area contributed by atoms with Crippen molar-refractivity contribution >= 4 is 24.3 Å². The lowest BCUT2D eigenvalue weighted by atomic mass is 10.1. The summed E-state index contributed by atoms with van der Waals surface area (Å²) in [6.45, 7) is 9.44. The average Bonchev–Trinajstić information content (AvgIpc) is 3.19. The molecule has 0 unspecified atom stereocenters. The zero-order valence-corrected chi connectivity index (χ0v) is 31.1. The van der Waals surface area contributed by atoms with Gasteiger partial charge in [-0.1, -0.05) is 54.6 Å². The van der Waals surface area contributed by atoms with Crippen molar-refractivity contribution in [2.45, 2.75) is 0 Å². The van der Waals surface area contributed by atoms with Gasteiger partial charge in [0.2, 0.25) is 0 Å². The van der Waals surface area contributed by atoms with E-state index in [1.54, 1.807) is 0 Å². The molecule has 0 spiro atoms. The Morgan fingerprint density at radius 1 is 0.259 bits per heavy atom. The lowest BCUT2D eigenvalue weighted by Crippen LogP contribution is -2.16. The lowest BCUT2D eigenvalue weighted by molar-refractivity contribution is -0.00841. The maximum Gasteiger partial charge on any atom is 0.161 e. The van der Waals surface area contributed by atoms with Gasteiger partial charge in [0.15, 0.2) is 23.0 Å². The number of hydrogen-bond donors (Lipinski definition) is 0. The molecule has 0 fully saturated rings. The van der Waals surface area contributed by atoms with Gasteiger partial charge >= 0.3 is 0 Å². The van der Waals surface area contributed by atoms with Gasteiger partial charge in [-0.2, -0.15) is 0 Å². The van der Waals surface area contributed by atoms with Crippen LogP contribution in [0.1, 0.15) is 22.3 Å². The monoisotopic (exact) mass is 750 g/mol. The first-order valence-electron chi connectivity index (χ1n) is 18.7. The molecule has 0 bridgehead atoms. The average molecular weight is 751 g/mol. The number of ether oxygens (including phenoxy) is 12. The highest BCUT2D eigenvalue weighted by Crippen LogP contribution is 2.31. The molecule has 0 radical (unpaired) electrons. The highest BCUT2D eigenvalue weighted by Gasteiger charge is 2.09. The van der Waals surface area contributed by atoms with E-state index in [1.807, 2.05) is 42.5 Å². The van der Waals surface area contributed by atoms with Crippen molar-refractivity contribution in [1.82, 2.24) is 0 Å². The Morgan fingerprint density at radius 2 is 0.519 bits per heavy atom. The Morgan fingerprint density at radius 3 is 0.833 bits per heavy atom. The molecule has 0 atom stereocenters. The summed E-state index contributed by atoms with van der Waals surface area (Å²) in [7, 11) is 0. The van der Waals surface area contributed by atoms with Gasteiger partial charge < -0.3 is 56.8 Å². The van der Waals surface area contributed by atoms with E-state index in [4.69, 9.17) is 56.8 Å². The predicted molar refractivity (Wildman–Crippen MR) is 206 cm³/mol. The maximum absolute atomic E-state index is 6.08. The van der Waals surface area contributed by atoms with Crippen molar-refractivity contribution in [2.75, 3.05) is 132 Å². The minimum atomic E-state index is 0.385. The molecule has 0 N–H and O–H groups in total. The van der Waals surface area contributed by atoms with Crippen LogP contribution in [0.3, 0.4) is 0 Å². The molecule has 3 aromatic carbocycles. The Labute approximate surface area is 318 Å². The summed E-state index contributed by atoms with van der Waals surface area (Å²) in [6, 6.07) is 20.1. The van der Waals surface area contributed by atoms with Crippen LogP contribution in [-0.4, -0.2) is 132 Å². The van der Waals surface area contributed by atoms with Crippen LogP contribution in [0.4, 0.5) is 0 Å². The van der Waals surface area contributed by atoms with Gasteiger partial charge in [0.25, 0.3) is 0 Å². The summed E-state index contributed by atoms with van der Waals surface area (Å²) in [5.41, 5.74) is 4.07. The highest BCUT2D eigenvalue weighted by molar-refractivity contribution is 5.75. The summed E-state index contributed by atoms with van der Waals surface area (Å²) in [6.07, 6.45) is 8.27. The maximum atomic E-state index is 6.08. The van der Waals surface area contributed by atoms with Crippen LogP contribution < -0.4 is 18.9 Å². The zero-order chi connectivity index (χ0) is 37.1. The Hall–Kier alpha value is -3.98. The largest absolute Gasteiger partial charge is 0.487 e. The zero-order valence-electron chi connectivity index (χ0n) is 31.1. The molecule has 0 aromatic heterocycles. The fourth-order valence-corrected chi connectivity index (χ4v) is 5.24. The quantitative estimate of drug-likeness (QED) is 0.305. The molecule has 12 heteroatoms. The standard InChI is InChI=1S/C42H54O12/c1-2-35(4-6-37-8-10-39-41(33-37)53-30-26-49-22-18-45-14-12-43-16-20-47-24-28-51-39)32-36(3-1)5-7-38-9-11-40-42(34-38)54-31-27-50-23-19-46-15-13-44-17-21-48-25-29-52-40/h1-11,32-34H,12-31H2/b6-4+,7-5+. The van der Waals surface area contributed by atoms with E-state index >= 15 is 0 Å². The molecule has 294 valence electrons. The van der Waals surface area contributed by atoms with Gasteiger partial charge in [-0.05, 0) is 52.6 Å². The van der Waals surface area contributed by atoms with Crippen LogP contribution in [0.15, 0.2) is 60.7 Å². The molecular formula is C42H54O12. The number of fused-ring (bicyclic) bond motifs is 2. The number of rotatable bonds is 4. The van der Waals surface area contributed by atoms with Gasteiger partial charge in [0.1, 0.15) is 26.4 Å². The molecule has 12 nitrogen and oxygen atoms in total. The van der Waals surface area contributed by atoms with Crippen molar-refractivity contribution < 1.29 is 56.8 Å². The molecular weight excluding hydrogens is 696 g/mol. The third-order valence-corrected chi connectivity index (χ3v) is 7.96. The summed E-state index contributed by atoms with van der Waals surface area (Å²) in [5.74, 6) is 2.60. The van der Waals surface area contributed by atoms with E-state index in [0.717, 1.165) is 22.3 Å². The van der Waals surface area contributed by atoms with E-state index in [9.17, 15) is 0 Å². The van der Waals surface area contributed by atoms with E-state index in [0.29, 0.717) is 155 Å². The van der Waals surface area contributed by atoms with Crippen LogP contribution in [0, 0.1) is 0 Å². The molecule has 2 aliphatic rings. The van der Waals surface area contributed by atoms with Crippen LogP contribution >= 0.6 is 0 Å². The van der Waals surface area contributed by atoms with Gasteiger partial charge in [0, 0.05) is 0 Å². The van der Waals surface area contributed by atoms with Gasteiger partial charge in [0.05, 0.1) is 106 Å². The molecule has 0 saturated heterocycles. The molecule has 2 heterocycles. The lowest BCUT2D eigenvalue weighted by Gasteiger charge is -2.14. The summed E-state index contributed by atoms with van der Waals surface area (Å²) in [4.78, 5) is 0. The topological polar surface area (TPSA) is 111 Å². The first-order chi connectivity index (χ1) is 26.8. The third-order valence-electron chi connectivity index (χ3n) is 7.96. The van der Waals surface area contributed by atoms with Crippen LogP contribution in [-0.2, 0) is 37.9 Å². The van der Waals surface area contributed by atoms with Gasteiger partial charge in [-0.3, -0.25) is 0 Å². The van der Waals surface area contributed by atoms with E-state index in [1.165, 1.54) is 0 Å². The molecule has 0 saturated carbocycles. The summed E-state index contributed by atoms with van der Waals surface area (Å²) >= 11 is 0. The van der Waals surface area contributed by atoms with Crippen molar-refractivity contribution in [1.29, 1.82) is 0 Å². The molecule has 54 heavy (non-hydrogen) atoms. The highest BCUT2D eigenvalue weighted by atomic mass is 16.6. The normalized spacial score (nSPS) is 19.0. The minimum Gasteiger partial charge on any atom is -0.487 e. The fourth-order valence-electron chi connectivity index (χ4n) is 5.24. The Bertz CT molecular complexity index is 1420. The summed E-state index contributed by atoms with van der Waals surface area (Å²) in [5, 5.41) is 0. The van der Waals surface area contributed by atoms with Crippen molar-refractivity contribution in [2.24, 2.45) is 0 Å². The first kappa shape index (κ1) is 41.2. The van der Waals surface area contributed by atoms with Gasteiger partial charge in [-0.25, -0.2) is 0 Å². The number of hydrogen-bond acceptors (Lipinski definition) is 12. The van der Waals surface area contributed by atoms with Crippen LogP contribution in [0.5, 0.6) is 23.0 Å². The van der Waals surface area contributed by atoms with E-state index in [2.05, 4.69) is 42.5 Å². The van der Waals surface area contributed by atoms with Crippen LogP contribution in [0.2, 0.25) is 0 Å². The number of benzene rings is 3. The SMILES string of the molecule is C(=C\c1ccc2c(c1)OCCOCCOCCOCCOCCO2)/c1cccc(/C=C/c2ccc3c(c2)OCCOCCOCCOCCOCCO3)c1. The van der Waals surface area contributed by atoms with Crippen molar-refractivity contribution in [3.63, 3.8) is 0 Å². The van der Waals surface area contributed by atoms with E-state index in [-0.39, 0.29) is 0 Å². The summed E-state index contributed by atoms with van der Waals surface area (Å²) < 4.78 is 68.8. The second-order valence-electron chi connectivity index (χ2n) is 12.0. The predicted octanol–water partition coefficient (Wildman–Crippen LogP) is 5.70. The molecule has 0 amide bonds. The second-order valence-corrected chi connectivity index (χ2v) is 12.0. The Balaban J connectivity index is 1.19. The van der Waals surface area contributed by atoms with Gasteiger partial charge in [-0.15, -0.1) is 0 Å². The minimum absolute atomic E-state index is 0.385. The Kier molecular flexibility index (Phi) is 19.8. The molecule has 2 aliphatic heterocycles. The van der Waals surface area contributed by atoms with Crippen molar-refractivity contribution in [3.05, 3.63) is 82.9 Å². The second kappa shape index (κ2) is 25.9. The molecule has 5 rings (SSSR count). The van der Waals surface area contributed by atoms with E-state index < -0.39 is 0 Å². The molecule has 3 aromatic rings. The first-order valence-corrected chi connectivity index (χ1v) is 18.7. The van der Waals surface area contributed by atoms with Crippen molar-refractivity contribution in [3.8, 4) is 23.0 Å². The third kappa shape index (κ3) is 16.6. The molecule has 0 aliphatic carbocycles. The van der Waals surface area contributed by atoms with Crippen LogP contribution in [0.25, 0.3) is 24.3 Å². The smallest absolute Gasteiger partial charge is 0.161 e.